The number of aliphatic hydroxyl groups excluding tert-OH is 1. The number of carbonyl (C=O) groups is 1. The first kappa shape index (κ1) is 20.8. The first-order valence-electron chi connectivity index (χ1n) is 10.8. The molecule has 2 saturated heterocycles. The molecule has 0 bridgehead atoms. The first-order chi connectivity index (χ1) is 14.7. The van der Waals surface area contributed by atoms with Gasteiger partial charge in [0.2, 0.25) is 5.89 Å². The molecule has 30 heavy (non-hydrogen) atoms. The predicted octanol–water partition coefficient (Wildman–Crippen LogP) is 2.10. The molecule has 7 heteroatoms. The molecule has 2 aromatic rings. The van der Waals surface area contributed by atoms with Crippen molar-refractivity contribution in [2.45, 2.75) is 25.4 Å². The average molecular weight is 411 g/mol. The van der Waals surface area contributed by atoms with Crippen LogP contribution >= 0.6 is 0 Å². The van der Waals surface area contributed by atoms with Crippen molar-refractivity contribution >= 4 is 12.0 Å². The first-order valence-corrected chi connectivity index (χ1v) is 10.8. The van der Waals surface area contributed by atoms with Crippen molar-refractivity contribution in [1.29, 1.82) is 0 Å². The number of oxazole rings is 1. The average Bonchev–Trinajstić information content (AvgIpc) is 3.45. The zero-order valence-electron chi connectivity index (χ0n) is 17.3. The van der Waals surface area contributed by atoms with Crippen LogP contribution in [0.15, 0.2) is 47.1 Å². The number of likely N-dealkylation sites (tertiary alicyclic amines) is 1. The SMILES string of the molecule is O=C(c1coc(CN2CCN(C/C=C/c3ccccc3)CC2)n1)N1CCC[C@H]1CO. The Labute approximate surface area is 177 Å². The van der Waals surface area contributed by atoms with Crippen molar-refractivity contribution in [3.8, 4) is 0 Å². The Morgan fingerprint density at radius 1 is 1.13 bits per heavy atom. The summed E-state index contributed by atoms with van der Waals surface area (Å²) in [6, 6.07) is 10.3. The van der Waals surface area contributed by atoms with Crippen molar-refractivity contribution in [3.05, 3.63) is 59.8 Å². The van der Waals surface area contributed by atoms with Crippen LogP contribution in [0.2, 0.25) is 0 Å². The minimum Gasteiger partial charge on any atom is -0.447 e. The standard InChI is InChI=1S/C23H30N4O3/c28-17-20-9-5-11-27(20)23(29)21-18-30-22(24-21)16-26-14-12-25(13-15-26)10-4-8-19-6-2-1-3-7-19/h1-4,6-8,18,20,28H,5,9-17H2/b8-4+/t20-/m0/s1. The summed E-state index contributed by atoms with van der Waals surface area (Å²) in [5.74, 6) is 0.437. The molecule has 0 aliphatic carbocycles. The van der Waals surface area contributed by atoms with Gasteiger partial charge < -0.3 is 14.4 Å². The van der Waals surface area contributed by atoms with Gasteiger partial charge in [0.1, 0.15) is 6.26 Å². The molecule has 2 fully saturated rings. The minimum atomic E-state index is -0.142. The van der Waals surface area contributed by atoms with E-state index in [-0.39, 0.29) is 18.6 Å². The maximum atomic E-state index is 12.6. The van der Waals surface area contributed by atoms with E-state index >= 15 is 0 Å². The van der Waals surface area contributed by atoms with Crippen molar-refractivity contribution in [2.75, 3.05) is 45.9 Å². The smallest absolute Gasteiger partial charge is 0.276 e. The van der Waals surface area contributed by atoms with Gasteiger partial charge in [-0.15, -0.1) is 0 Å². The third-order valence-corrected chi connectivity index (χ3v) is 5.92. The molecule has 0 spiro atoms. The topological polar surface area (TPSA) is 73.1 Å². The fraction of sp³-hybridized carbons (Fsp3) is 0.478. The van der Waals surface area contributed by atoms with Crippen molar-refractivity contribution < 1.29 is 14.3 Å². The number of benzene rings is 1. The van der Waals surface area contributed by atoms with Crippen molar-refractivity contribution in [2.24, 2.45) is 0 Å². The second-order valence-corrected chi connectivity index (χ2v) is 7.99. The number of carbonyl (C=O) groups excluding carboxylic acids is 1. The van der Waals surface area contributed by atoms with Crippen LogP contribution in [-0.4, -0.2) is 82.6 Å². The van der Waals surface area contributed by atoms with E-state index in [2.05, 4.69) is 51.2 Å². The zero-order chi connectivity index (χ0) is 20.8. The van der Waals surface area contributed by atoms with Crippen LogP contribution in [0.1, 0.15) is 34.8 Å². The van der Waals surface area contributed by atoms with Gasteiger partial charge in [-0.2, -0.15) is 0 Å². The van der Waals surface area contributed by atoms with Gasteiger partial charge in [-0.25, -0.2) is 4.98 Å². The van der Waals surface area contributed by atoms with Crippen LogP contribution in [-0.2, 0) is 6.54 Å². The third kappa shape index (κ3) is 5.16. The molecule has 7 nitrogen and oxygen atoms in total. The van der Waals surface area contributed by atoms with Crippen molar-refractivity contribution in [1.82, 2.24) is 19.7 Å². The van der Waals surface area contributed by atoms with Crippen LogP contribution in [0.25, 0.3) is 6.08 Å². The zero-order valence-corrected chi connectivity index (χ0v) is 17.3. The van der Waals surface area contributed by atoms with E-state index < -0.39 is 0 Å². The van der Waals surface area contributed by atoms with Crippen LogP contribution in [0, 0.1) is 0 Å². The summed E-state index contributed by atoms with van der Waals surface area (Å²) in [6.45, 7) is 6.13. The highest BCUT2D eigenvalue weighted by Crippen LogP contribution is 2.20. The Hall–Kier alpha value is -2.48. The summed E-state index contributed by atoms with van der Waals surface area (Å²) < 4.78 is 5.57. The highest BCUT2D eigenvalue weighted by Gasteiger charge is 2.30. The highest BCUT2D eigenvalue weighted by atomic mass is 16.3. The van der Waals surface area contributed by atoms with E-state index in [1.165, 1.54) is 11.8 Å². The fourth-order valence-corrected chi connectivity index (χ4v) is 4.15. The predicted molar refractivity (Wildman–Crippen MR) is 115 cm³/mol. The summed E-state index contributed by atoms with van der Waals surface area (Å²) in [7, 11) is 0. The van der Waals surface area contributed by atoms with E-state index in [1.807, 2.05) is 6.07 Å². The molecule has 1 amide bonds. The number of nitrogens with zero attached hydrogens (tertiary/aromatic N) is 4. The molecule has 0 unspecified atom stereocenters. The normalized spacial score (nSPS) is 21.0. The number of hydrogen-bond donors (Lipinski definition) is 1. The molecule has 2 aliphatic heterocycles. The number of piperazine rings is 1. The highest BCUT2D eigenvalue weighted by molar-refractivity contribution is 5.92. The lowest BCUT2D eigenvalue weighted by molar-refractivity contribution is 0.0671. The molecule has 160 valence electrons. The van der Waals surface area contributed by atoms with E-state index in [9.17, 15) is 9.90 Å². The molecule has 1 atom stereocenters. The Morgan fingerprint density at radius 3 is 2.67 bits per heavy atom. The van der Waals surface area contributed by atoms with Gasteiger partial charge in [-0.05, 0) is 18.4 Å². The summed E-state index contributed by atoms with van der Waals surface area (Å²) in [5, 5.41) is 9.43. The Bertz CT molecular complexity index is 843. The van der Waals surface area contributed by atoms with E-state index in [4.69, 9.17) is 4.42 Å². The lowest BCUT2D eigenvalue weighted by atomic mass is 10.2. The van der Waals surface area contributed by atoms with Crippen LogP contribution < -0.4 is 0 Å². The summed E-state index contributed by atoms with van der Waals surface area (Å²) in [4.78, 5) is 23.5. The fourth-order valence-electron chi connectivity index (χ4n) is 4.15. The number of aliphatic hydroxyl groups is 1. The maximum absolute atomic E-state index is 12.6. The van der Waals surface area contributed by atoms with Crippen LogP contribution in [0.3, 0.4) is 0 Å². The van der Waals surface area contributed by atoms with Gasteiger partial charge in [0.25, 0.3) is 5.91 Å². The monoisotopic (exact) mass is 410 g/mol. The molecule has 0 radical (unpaired) electrons. The molecule has 3 heterocycles. The van der Waals surface area contributed by atoms with Crippen LogP contribution in [0.5, 0.6) is 0 Å². The van der Waals surface area contributed by atoms with E-state index in [0.717, 1.165) is 45.6 Å². The maximum Gasteiger partial charge on any atom is 0.276 e. The lowest BCUT2D eigenvalue weighted by Gasteiger charge is -2.33. The summed E-state index contributed by atoms with van der Waals surface area (Å²) >= 11 is 0. The molecular formula is C23H30N4O3. The quantitative estimate of drug-likeness (QED) is 0.754. The lowest BCUT2D eigenvalue weighted by Crippen LogP contribution is -2.45. The second kappa shape index (κ2) is 10.0. The number of hydrogen-bond acceptors (Lipinski definition) is 6. The largest absolute Gasteiger partial charge is 0.447 e. The summed E-state index contributed by atoms with van der Waals surface area (Å²) in [6.07, 6.45) is 7.60. The molecular weight excluding hydrogens is 380 g/mol. The van der Waals surface area contributed by atoms with E-state index in [1.54, 1.807) is 4.90 Å². The molecule has 2 aliphatic rings. The third-order valence-electron chi connectivity index (χ3n) is 5.92. The molecule has 1 N–H and O–H groups in total. The minimum absolute atomic E-state index is 0.00125. The molecule has 1 aromatic carbocycles. The Morgan fingerprint density at radius 2 is 1.90 bits per heavy atom. The Balaban J connectivity index is 1.23. The van der Waals surface area contributed by atoms with Crippen LogP contribution in [0.4, 0.5) is 0 Å². The number of amides is 1. The van der Waals surface area contributed by atoms with Gasteiger partial charge in [0, 0.05) is 39.3 Å². The van der Waals surface area contributed by atoms with Gasteiger partial charge in [-0.3, -0.25) is 14.6 Å². The van der Waals surface area contributed by atoms with Gasteiger partial charge in [0.15, 0.2) is 5.69 Å². The molecule has 1 aromatic heterocycles. The number of rotatable bonds is 7. The van der Waals surface area contributed by atoms with Gasteiger partial charge >= 0.3 is 0 Å². The van der Waals surface area contributed by atoms with Gasteiger partial charge in [-0.1, -0.05) is 42.5 Å². The second-order valence-electron chi connectivity index (χ2n) is 7.99. The van der Waals surface area contributed by atoms with E-state index in [0.29, 0.717) is 24.7 Å². The molecule has 0 saturated carbocycles. The Kier molecular flexibility index (Phi) is 6.94. The van der Waals surface area contributed by atoms with Gasteiger partial charge in [0.05, 0.1) is 19.2 Å². The van der Waals surface area contributed by atoms with Crippen molar-refractivity contribution in [3.63, 3.8) is 0 Å². The summed E-state index contributed by atoms with van der Waals surface area (Å²) in [5.41, 5.74) is 1.57. The molecule has 4 rings (SSSR count). The number of aromatic nitrogens is 1.